The van der Waals surface area contributed by atoms with E-state index in [9.17, 15) is 10.1 Å². The number of benzene rings is 2. The van der Waals surface area contributed by atoms with Gasteiger partial charge in [-0.05, 0) is 24.3 Å². The van der Waals surface area contributed by atoms with Crippen LogP contribution in [0.15, 0.2) is 56.7 Å². The second kappa shape index (κ2) is 5.41. The second-order valence-electron chi connectivity index (χ2n) is 3.54. The predicted octanol–water partition coefficient (Wildman–Crippen LogP) is 4.09. The molecule has 18 heavy (non-hydrogen) atoms. The van der Waals surface area contributed by atoms with Gasteiger partial charge >= 0.3 is 0 Å². The Labute approximate surface area is 116 Å². The third kappa shape index (κ3) is 3.02. The molecule has 0 bridgehead atoms. The third-order valence-corrected chi connectivity index (χ3v) is 3.80. The van der Waals surface area contributed by atoms with Crippen LogP contribution >= 0.6 is 27.7 Å². The lowest BCUT2D eigenvalue weighted by Crippen LogP contribution is -1.93. The average molecular weight is 325 g/mol. The number of nitrogens with two attached hydrogens (primary N) is 1. The smallest absolute Gasteiger partial charge is 0.271 e. The highest BCUT2D eigenvalue weighted by atomic mass is 79.9. The van der Waals surface area contributed by atoms with Crippen molar-refractivity contribution in [3.8, 4) is 0 Å². The number of rotatable bonds is 3. The minimum Gasteiger partial charge on any atom is -0.398 e. The molecule has 0 unspecified atom stereocenters. The molecular weight excluding hydrogens is 316 g/mol. The van der Waals surface area contributed by atoms with Crippen molar-refractivity contribution in [2.24, 2.45) is 0 Å². The Bertz CT molecular complexity index is 604. The van der Waals surface area contributed by atoms with Crippen LogP contribution in [0, 0.1) is 10.1 Å². The van der Waals surface area contributed by atoms with Gasteiger partial charge in [0.1, 0.15) is 0 Å². The van der Waals surface area contributed by atoms with Gasteiger partial charge < -0.3 is 5.73 Å². The molecule has 0 radical (unpaired) electrons. The van der Waals surface area contributed by atoms with E-state index in [0.717, 1.165) is 14.3 Å². The Morgan fingerprint density at radius 3 is 2.61 bits per heavy atom. The third-order valence-electron chi connectivity index (χ3n) is 2.23. The first-order valence-electron chi connectivity index (χ1n) is 5.03. The molecule has 0 saturated carbocycles. The quantitative estimate of drug-likeness (QED) is 0.524. The summed E-state index contributed by atoms with van der Waals surface area (Å²) in [6.07, 6.45) is 0. The van der Waals surface area contributed by atoms with Gasteiger partial charge in [-0.15, -0.1) is 0 Å². The van der Waals surface area contributed by atoms with Crippen molar-refractivity contribution >= 4 is 39.1 Å². The molecule has 0 saturated heterocycles. The molecule has 0 aliphatic heterocycles. The zero-order valence-electron chi connectivity index (χ0n) is 9.17. The molecule has 2 rings (SSSR count). The van der Waals surface area contributed by atoms with Crippen LogP contribution in [0.4, 0.5) is 11.4 Å². The molecule has 0 spiro atoms. The Morgan fingerprint density at radius 1 is 1.22 bits per heavy atom. The minimum absolute atomic E-state index is 0.00564. The van der Waals surface area contributed by atoms with Crippen molar-refractivity contribution in [1.82, 2.24) is 0 Å². The fourth-order valence-electron chi connectivity index (χ4n) is 1.40. The van der Waals surface area contributed by atoms with Crippen molar-refractivity contribution in [3.63, 3.8) is 0 Å². The Morgan fingerprint density at radius 2 is 2.00 bits per heavy atom. The summed E-state index contributed by atoms with van der Waals surface area (Å²) in [5, 5.41) is 10.6. The van der Waals surface area contributed by atoms with E-state index in [1.165, 1.54) is 23.9 Å². The van der Waals surface area contributed by atoms with Gasteiger partial charge in [0.05, 0.1) is 10.6 Å². The minimum atomic E-state index is -0.454. The zero-order chi connectivity index (χ0) is 13.1. The number of nitro benzene ring substituents is 1. The molecule has 6 heteroatoms. The van der Waals surface area contributed by atoms with Crippen LogP contribution in [0.25, 0.3) is 0 Å². The molecule has 2 N–H and O–H groups in total. The number of nitrogen functional groups attached to an aromatic ring is 1. The molecule has 0 aliphatic rings. The molecule has 0 aromatic heterocycles. The highest BCUT2D eigenvalue weighted by Gasteiger charge is 2.09. The normalized spacial score (nSPS) is 10.3. The van der Waals surface area contributed by atoms with Crippen LogP contribution in [0.1, 0.15) is 0 Å². The predicted molar refractivity (Wildman–Crippen MR) is 75.8 cm³/mol. The molecule has 0 atom stereocenters. The number of halogens is 1. The van der Waals surface area contributed by atoms with Gasteiger partial charge in [0.25, 0.3) is 5.69 Å². The summed E-state index contributed by atoms with van der Waals surface area (Å²) in [7, 11) is 0. The molecule has 2 aromatic rings. The van der Waals surface area contributed by atoms with Gasteiger partial charge in [0, 0.05) is 26.4 Å². The lowest BCUT2D eigenvalue weighted by atomic mass is 10.3. The number of nitro groups is 1. The van der Waals surface area contributed by atoms with Crippen molar-refractivity contribution in [2.45, 2.75) is 9.79 Å². The SMILES string of the molecule is Nc1cc([N+](=O)[O-])ccc1Sc1cccc(Br)c1. The van der Waals surface area contributed by atoms with Crippen LogP contribution in [0.3, 0.4) is 0 Å². The average Bonchev–Trinajstić information content (AvgIpc) is 2.31. The van der Waals surface area contributed by atoms with E-state index >= 15 is 0 Å². The standard InChI is InChI=1S/C12H9BrN2O2S/c13-8-2-1-3-10(6-8)18-12-5-4-9(15(16)17)7-11(12)14/h1-7H,14H2. The van der Waals surface area contributed by atoms with E-state index in [1.807, 2.05) is 24.3 Å². The molecule has 0 aliphatic carbocycles. The topological polar surface area (TPSA) is 69.2 Å². The van der Waals surface area contributed by atoms with E-state index in [2.05, 4.69) is 15.9 Å². The van der Waals surface area contributed by atoms with Gasteiger partial charge in [-0.2, -0.15) is 0 Å². The summed E-state index contributed by atoms with van der Waals surface area (Å²) in [5.41, 5.74) is 6.22. The first-order valence-corrected chi connectivity index (χ1v) is 6.64. The monoisotopic (exact) mass is 324 g/mol. The number of nitrogens with zero attached hydrogens (tertiary/aromatic N) is 1. The van der Waals surface area contributed by atoms with Gasteiger partial charge in [0.15, 0.2) is 0 Å². The van der Waals surface area contributed by atoms with Crippen LogP contribution < -0.4 is 5.73 Å². The van der Waals surface area contributed by atoms with E-state index in [-0.39, 0.29) is 5.69 Å². The molecule has 4 nitrogen and oxygen atoms in total. The number of non-ortho nitro benzene ring substituents is 1. The van der Waals surface area contributed by atoms with E-state index in [4.69, 9.17) is 5.73 Å². The van der Waals surface area contributed by atoms with Crippen LogP contribution in [0.2, 0.25) is 0 Å². The van der Waals surface area contributed by atoms with Crippen molar-refractivity contribution in [1.29, 1.82) is 0 Å². The molecule has 0 heterocycles. The van der Waals surface area contributed by atoms with E-state index in [1.54, 1.807) is 6.07 Å². The zero-order valence-corrected chi connectivity index (χ0v) is 11.6. The largest absolute Gasteiger partial charge is 0.398 e. The summed E-state index contributed by atoms with van der Waals surface area (Å²) < 4.78 is 0.980. The number of anilines is 1. The van der Waals surface area contributed by atoms with Gasteiger partial charge in [-0.25, -0.2) is 0 Å². The van der Waals surface area contributed by atoms with Crippen LogP contribution in [-0.4, -0.2) is 4.92 Å². The highest BCUT2D eigenvalue weighted by molar-refractivity contribution is 9.10. The molecule has 0 amide bonds. The summed E-state index contributed by atoms with van der Waals surface area (Å²) in [4.78, 5) is 12.0. The summed E-state index contributed by atoms with van der Waals surface area (Å²) in [6, 6.07) is 12.3. The molecule has 2 aromatic carbocycles. The van der Waals surface area contributed by atoms with E-state index < -0.39 is 4.92 Å². The molecule has 0 fully saturated rings. The maximum atomic E-state index is 10.6. The summed E-state index contributed by atoms with van der Waals surface area (Å²) in [5.74, 6) is 0. The first-order chi connectivity index (χ1) is 8.56. The van der Waals surface area contributed by atoms with Crippen LogP contribution in [0.5, 0.6) is 0 Å². The summed E-state index contributed by atoms with van der Waals surface area (Å²) >= 11 is 4.86. The maximum Gasteiger partial charge on any atom is 0.271 e. The van der Waals surface area contributed by atoms with Crippen molar-refractivity contribution in [3.05, 3.63) is 57.1 Å². The van der Waals surface area contributed by atoms with Gasteiger partial charge in [-0.1, -0.05) is 33.8 Å². The van der Waals surface area contributed by atoms with Crippen molar-refractivity contribution < 1.29 is 4.92 Å². The molecule has 92 valence electrons. The Balaban J connectivity index is 2.27. The van der Waals surface area contributed by atoms with Gasteiger partial charge in [-0.3, -0.25) is 10.1 Å². The highest BCUT2D eigenvalue weighted by Crippen LogP contribution is 2.34. The van der Waals surface area contributed by atoms with E-state index in [0.29, 0.717) is 5.69 Å². The fraction of sp³-hybridized carbons (Fsp3) is 0. The lowest BCUT2D eigenvalue weighted by Gasteiger charge is -2.05. The van der Waals surface area contributed by atoms with Crippen LogP contribution in [-0.2, 0) is 0 Å². The number of hydrogen-bond donors (Lipinski definition) is 1. The Kier molecular flexibility index (Phi) is 3.88. The Hall–Kier alpha value is -1.53. The van der Waals surface area contributed by atoms with Gasteiger partial charge in [0.2, 0.25) is 0 Å². The fourth-order valence-corrected chi connectivity index (χ4v) is 2.85. The number of hydrogen-bond acceptors (Lipinski definition) is 4. The maximum absolute atomic E-state index is 10.6. The second-order valence-corrected chi connectivity index (χ2v) is 5.57. The summed E-state index contributed by atoms with van der Waals surface area (Å²) in [6.45, 7) is 0. The lowest BCUT2D eigenvalue weighted by molar-refractivity contribution is -0.384. The van der Waals surface area contributed by atoms with Crippen molar-refractivity contribution in [2.75, 3.05) is 5.73 Å². The first kappa shape index (κ1) is 12.9. The molecular formula is C12H9BrN2O2S.